The van der Waals surface area contributed by atoms with Crippen LogP contribution < -0.4 is 5.32 Å². The molecule has 25 heavy (non-hydrogen) atoms. The molecule has 0 aliphatic heterocycles. The van der Waals surface area contributed by atoms with Gasteiger partial charge in [0.15, 0.2) is 0 Å². The van der Waals surface area contributed by atoms with E-state index in [2.05, 4.69) is 12.2 Å². The molecule has 5 nitrogen and oxygen atoms in total. The average Bonchev–Trinajstić information content (AvgIpc) is 2.63. The van der Waals surface area contributed by atoms with E-state index in [0.717, 1.165) is 23.1 Å². The number of aliphatic carboxylic acids is 1. The fourth-order valence-electron chi connectivity index (χ4n) is 2.39. The number of rotatable bonds is 8. The highest BCUT2D eigenvalue weighted by Gasteiger charge is 2.05. The van der Waals surface area contributed by atoms with Crippen LogP contribution in [0.3, 0.4) is 0 Å². The monoisotopic (exact) mass is 341 g/mol. The normalized spacial score (nSPS) is 10.3. The molecule has 0 aromatic heterocycles. The molecule has 0 unspecified atom stereocenters. The summed E-state index contributed by atoms with van der Waals surface area (Å²) in [5.74, 6) is -0.820. The number of carbonyl (C=O) groups is 2. The highest BCUT2D eigenvalue weighted by molar-refractivity contribution is 5.67. The minimum Gasteiger partial charge on any atom is -0.481 e. The Labute approximate surface area is 147 Å². The van der Waals surface area contributed by atoms with Crippen molar-refractivity contribution in [1.82, 2.24) is 5.32 Å². The van der Waals surface area contributed by atoms with Gasteiger partial charge in [-0.05, 0) is 35.1 Å². The molecule has 0 fully saturated rings. The summed E-state index contributed by atoms with van der Waals surface area (Å²) in [6, 6.07) is 15.5. The number of amides is 1. The van der Waals surface area contributed by atoms with E-state index in [0.29, 0.717) is 13.0 Å². The molecule has 2 aromatic rings. The Hall–Kier alpha value is -2.82. The Balaban J connectivity index is 1.77. The second-order valence-corrected chi connectivity index (χ2v) is 5.81. The highest BCUT2D eigenvalue weighted by atomic mass is 16.5. The molecule has 2 N–H and O–H groups in total. The van der Waals surface area contributed by atoms with Gasteiger partial charge in [-0.2, -0.15) is 0 Å². The lowest BCUT2D eigenvalue weighted by Crippen LogP contribution is -2.23. The maximum absolute atomic E-state index is 11.8. The van der Waals surface area contributed by atoms with Crippen molar-refractivity contribution in [2.24, 2.45) is 0 Å². The number of carbonyl (C=O) groups excluding carboxylic acids is 1. The second kappa shape index (κ2) is 9.47. The van der Waals surface area contributed by atoms with Crippen molar-refractivity contribution >= 4 is 12.1 Å². The number of ether oxygens (including phenoxy) is 1. The van der Waals surface area contributed by atoms with Crippen LogP contribution >= 0.6 is 0 Å². The maximum Gasteiger partial charge on any atom is 0.407 e. The molecule has 0 saturated heterocycles. The number of hydrogen-bond acceptors (Lipinski definition) is 3. The molecule has 2 rings (SSSR count). The SMILES string of the molecule is CCc1ccc(COC(=O)NCc2cccc(CCC(=O)O)c2)cc1. The predicted molar refractivity (Wildman–Crippen MR) is 95.2 cm³/mol. The standard InChI is InChI=1S/C20H23NO4/c1-2-15-6-8-17(9-7-15)14-25-20(24)21-13-18-5-3-4-16(12-18)10-11-19(22)23/h3-9,12H,2,10-11,13-14H2,1H3,(H,21,24)(H,22,23). The van der Waals surface area contributed by atoms with Gasteiger partial charge in [0.25, 0.3) is 0 Å². The van der Waals surface area contributed by atoms with Crippen molar-refractivity contribution in [3.05, 3.63) is 70.8 Å². The van der Waals surface area contributed by atoms with Crippen LogP contribution in [0, 0.1) is 0 Å². The van der Waals surface area contributed by atoms with Gasteiger partial charge < -0.3 is 15.2 Å². The van der Waals surface area contributed by atoms with Crippen LogP contribution in [0.15, 0.2) is 48.5 Å². The topological polar surface area (TPSA) is 75.6 Å². The third-order valence-corrected chi connectivity index (χ3v) is 3.86. The summed E-state index contributed by atoms with van der Waals surface area (Å²) < 4.78 is 5.20. The number of hydrogen-bond donors (Lipinski definition) is 2. The molecular formula is C20H23NO4. The van der Waals surface area contributed by atoms with Crippen LogP contribution in [0.25, 0.3) is 0 Å². The summed E-state index contributed by atoms with van der Waals surface area (Å²) in [6.07, 6.45) is 1.07. The highest BCUT2D eigenvalue weighted by Crippen LogP contribution is 2.09. The number of carboxylic acid groups (broad SMARTS) is 1. The first-order chi connectivity index (χ1) is 12.1. The Morgan fingerprint density at radius 3 is 2.36 bits per heavy atom. The van der Waals surface area contributed by atoms with Gasteiger partial charge in [-0.15, -0.1) is 0 Å². The van der Waals surface area contributed by atoms with Gasteiger partial charge in [-0.3, -0.25) is 4.79 Å². The lowest BCUT2D eigenvalue weighted by atomic mass is 10.1. The third-order valence-electron chi connectivity index (χ3n) is 3.86. The van der Waals surface area contributed by atoms with Crippen LogP contribution in [0.5, 0.6) is 0 Å². The number of alkyl carbamates (subject to hydrolysis) is 1. The summed E-state index contributed by atoms with van der Waals surface area (Å²) in [4.78, 5) is 22.4. The van der Waals surface area contributed by atoms with Crippen molar-refractivity contribution in [3.8, 4) is 0 Å². The van der Waals surface area contributed by atoms with Crippen LogP contribution in [-0.2, 0) is 35.5 Å². The fourth-order valence-corrected chi connectivity index (χ4v) is 2.39. The molecule has 5 heteroatoms. The van der Waals surface area contributed by atoms with E-state index in [1.165, 1.54) is 5.56 Å². The van der Waals surface area contributed by atoms with Crippen molar-refractivity contribution in [3.63, 3.8) is 0 Å². The number of benzene rings is 2. The zero-order valence-electron chi connectivity index (χ0n) is 14.3. The van der Waals surface area contributed by atoms with Crippen LogP contribution in [0.2, 0.25) is 0 Å². The van der Waals surface area contributed by atoms with Crippen LogP contribution in [0.1, 0.15) is 35.6 Å². The predicted octanol–water partition coefficient (Wildman–Crippen LogP) is 3.69. The molecule has 0 saturated carbocycles. The lowest BCUT2D eigenvalue weighted by Gasteiger charge is -2.09. The van der Waals surface area contributed by atoms with Gasteiger partial charge in [-0.1, -0.05) is 55.5 Å². The summed E-state index contributed by atoms with van der Waals surface area (Å²) in [5.41, 5.74) is 4.04. The molecule has 2 aromatic carbocycles. The van der Waals surface area contributed by atoms with Gasteiger partial charge in [0.05, 0.1) is 0 Å². The summed E-state index contributed by atoms with van der Waals surface area (Å²) in [5, 5.41) is 11.4. The first-order valence-corrected chi connectivity index (χ1v) is 8.35. The molecule has 0 aliphatic rings. The minimum atomic E-state index is -0.820. The van der Waals surface area contributed by atoms with Gasteiger partial charge in [0.2, 0.25) is 0 Å². The average molecular weight is 341 g/mol. The quantitative estimate of drug-likeness (QED) is 0.768. The fraction of sp³-hybridized carbons (Fsp3) is 0.300. The second-order valence-electron chi connectivity index (χ2n) is 5.81. The summed E-state index contributed by atoms with van der Waals surface area (Å²) in [7, 11) is 0. The van der Waals surface area contributed by atoms with Crippen molar-refractivity contribution in [1.29, 1.82) is 0 Å². The van der Waals surface area contributed by atoms with E-state index in [-0.39, 0.29) is 13.0 Å². The molecule has 0 bridgehead atoms. The van der Waals surface area contributed by atoms with Gasteiger partial charge in [0.1, 0.15) is 6.61 Å². The molecule has 0 atom stereocenters. The number of carboxylic acids is 1. The van der Waals surface area contributed by atoms with E-state index in [9.17, 15) is 9.59 Å². The first kappa shape index (κ1) is 18.5. The Bertz CT molecular complexity index is 710. The number of aryl methyl sites for hydroxylation is 2. The Morgan fingerprint density at radius 2 is 1.68 bits per heavy atom. The molecule has 0 spiro atoms. The first-order valence-electron chi connectivity index (χ1n) is 8.35. The van der Waals surface area contributed by atoms with Crippen LogP contribution in [-0.4, -0.2) is 17.2 Å². The van der Waals surface area contributed by atoms with Gasteiger partial charge >= 0.3 is 12.1 Å². The lowest BCUT2D eigenvalue weighted by molar-refractivity contribution is -0.136. The summed E-state index contributed by atoms with van der Waals surface area (Å²) >= 11 is 0. The van der Waals surface area contributed by atoms with Crippen molar-refractivity contribution in [2.75, 3.05) is 0 Å². The van der Waals surface area contributed by atoms with Gasteiger partial charge in [0, 0.05) is 13.0 Å². The molecule has 1 amide bonds. The smallest absolute Gasteiger partial charge is 0.407 e. The Morgan fingerprint density at radius 1 is 1.00 bits per heavy atom. The van der Waals surface area contributed by atoms with Crippen molar-refractivity contribution < 1.29 is 19.4 Å². The van der Waals surface area contributed by atoms with Gasteiger partial charge in [-0.25, -0.2) is 4.79 Å². The van der Waals surface area contributed by atoms with E-state index < -0.39 is 12.1 Å². The minimum absolute atomic E-state index is 0.0930. The van der Waals surface area contributed by atoms with E-state index in [4.69, 9.17) is 9.84 Å². The summed E-state index contributed by atoms with van der Waals surface area (Å²) in [6.45, 7) is 2.67. The molecule has 0 heterocycles. The van der Waals surface area contributed by atoms with Crippen LogP contribution in [0.4, 0.5) is 4.79 Å². The molecule has 0 radical (unpaired) electrons. The Kier molecular flexibility index (Phi) is 7.01. The zero-order chi connectivity index (χ0) is 18.1. The van der Waals surface area contributed by atoms with Crippen molar-refractivity contribution in [2.45, 2.75) is 39.3 Å². The largest absolute Gasteiger partial charge is 0.481 e. The molecular weight excluding hydrogens is 318 g/mol. The maximum atomic E-state index is 11.8. The molecule has 132 valence electrons. The van der Waals surface area contributed by atoms with E-state index in [1.807, 2.05) is 48.5 Å². The number of nitrogens with one attached hydrogen (secondary N) is 1. The van der Waals surface area contributed by atoms with E-state index in [1.54, 1.807) is 0 Å². The third kappa shape index (κ3) is 6.67. The molecule has 0 aliphatic carbocycles. The zero-order valence-corrected chi connectivity index (χ0v) is 14.3. The van der Waals surface area contributed by atoms with E-state index >= 15 is 0 Å².